The fourth-order valence-corrected chi connectivity index (χ4v) is 1.98. The smallest absolute Gasteiger partial charge is 0.165 e. The molecule has 2 aromatic rings. The standard InChI is InChI=1S/C16H18FNO2/c1-10-4-6-13(9-15(10)19)18-11(2)12-5-7-16(20-3)14(17)8-12/h4-9,11,18-19H,1-3H3. The molecular weight excluding hydrogens is 257 g/mol. The first-order valence-corrected chi connectivity index (χ1v) is 6.41. The van der Waals surface area contributed by atoms with Gasteiger partial charge in [-0.1, -0.05) is 12.1 Å². The number of anilines is 1. The minimum absolute atomic E-state index is 0.0856. The molecule has 0 fully saturated rings. The van der Waals surface area contributed by atoms with Crippen molar-refractivity contribution >= 4 is 5.69 Å². The van der Waals surface area contributed by atoms with Crippen LogP contribution in [0.5, 0.6) is 11.5 Å². The lowest BCUT2D eigenvalue weighted by atomic mass is 10.1. The fourth-order valence-electron chi connectivity index (χ4n) is 1.98. The molecule has 106 valence electrons. The van der Waals surface area contributed by atoms with Gasteiger partial charge in [0.1, 0.15) is 5.75 Å². The number of aromatic hydroxyl groups is 1. The van der Waals surface area contributed by atoms with E-state index < -0.39 is 0 Å². The summed E-state index contributed by atoms with van der Waals surface area (Å²) in [5.74, 6) is 0.0856. The average molecular weight is 275 g/mol. The van der Waals surface area contributed by atoms with Crippen LogP contribution in [-0.2, 0) is 0 Å². The Morgan fingerprint density at radius 2 is 1.95 bits per heavy atom. The van der Waals surface area contributed by atoms with Crippen LogP contribution in [0.3, 0.4) is 0 Å². The van der Waals surface area contributed by atoms with Crippen molar-refractivity contribution in [1.82, 2.24) is 0 Å². The van der Waals surface area contributed by atoms with Crippen LogP contribution in [0.2, 0.25) is 0 Å². The van der Waals surface area contributed by atoms with Crippen LogP contribution in [0.15, 0.2) is 36.4 Å². The number of phenols is 1. The minimum atomic E-state index is -0.384. The Morgan fingerprint density at radius 3 is 2.55 bits per heavy atom. The number of hydrogen-bond donors (Lipinski definition) is 2. The molecule has 2 rings (SSSR count). The van der Waals surface area contributed by atoms with Gasteiger partial charge < -0.3 is 15.2 Å². The van der Waals surface area contributed by atoms with Gasteiger partial charge in [-0.25, -0.2) is 4.39 Å². The molecule has 3 nitrogen and oxygen atoms in total. The van der Waals surface area contributed by atoms with E-state index in [0.717, 1.165) is 16.8 Å². The van der Waals surface area contributed by atoms with Crippen molar-refractivity contribution in [3.8, 4) is 11.5 Å². The van der Waals surface area contributed by atoms with E-state index in [-0.39, 0.29) is 23.4 Å². The summed E-state index contributed by atoms with van der Waals surface area (Å²) in [5.41, 5.74) is 2.42. The largest absolute Gasteiger partial charge is 0.508 e. The van der Waals surface area contributed by atoms with Crippen molar-refractivity contribution in [2.24, 2.45) is 0 Å². The third-order valence-electron chi connectivity index (χ3n) is 3.27. The molecule has 0 aliphatic carbocycles. The van der Waals surface area contributed by atoms with Crippen molar-refractivity contribution in [3.05, 3.63) is 53.3 Å². The maximum Gasteiger partial charge on any atom is 0.165 e. The number of halogens is 1. The van der Waals surface area contributed by atoms with Gasteiger partial charge in [0.25, 0.3) is 0 Å². The Bertz CT molecular complexity index is 613. The van der Waals surface area contributed by atoms with E-state index in [1.807, 2.05) is 32.0 Å². The van der Waals surface area contributed by atoms with E-state index in [9.17, 15) is 9.50 Å². The highest BCUT2D eigenvalue weighted by atomic mass is 19.1. The number of benzene rings is 2. The third kappa shape index (κ3) is 3.02. The van der Waals surface area contributed by atoms with Gasteiger partial charge in [0.2, 0.25) is 0 Å². The second kappa shape index (κ2) is 5.82. The van der Waals surface area contributed by atoms with Crippen LogP contribution in [0, 0.1) is 12.7 Å². The first-order valence-electron chi connectivity index (χ1n) is 6.41. The number of phenolic OH excluding ortho intramolecular Hbond substituents is 1. The molecule has 0 bridgehead atoms. The predicted octanol–water partition coefficient (Wildman–Crippen LogP) is 4.02. The van der Waals surface area contributed by atoms with Gasteiger partial charge in [-0.05, 0) is 43.2 Å². The molecule has 1 unspecified atom stereocenters. The molecule has 2 aromatic carbocycles. The lowest BCUT2D eigenvalue weighted by Crippen LogP contribution is -2.07. The molecule has 4 heteroatoms. The Balaban J connectivity index is 2.17. The fraction of sp³-hybridized carbons (Fsp3) is 0.250. The highest BCUT2D eigenvalue weighted by Crippen LogP contribution is 2.26. The molecule has 0 amide bonds. The third-order valence-corrected chi connectivity index (χ3v) is 3.27. The second-order valence-corrected chi connectivity index (χ2v) is 4.76. The zero-order valence-corrected chi connectivity index (χ0v) is 11.8. The Kier molecular flexibility index (Phi) is 4.13. The van der Waals surface area contributed by atoms with E-state index in [0.29, 0.717) is 0 Å². The van der Waals surface area contributed by atoms with E-state index >= 15 is 0 Å². The molecule has 0 spiro atoms. The zero-order chi connectivity index (χ0) is 14.7. The quantitative estimate of drug-likeness (QED) is 0.885. The molecule has 2 N–H and O–H groups in total. The number of hydrogen-bond acceptors (Lipinski definition) is 3. The van der Waals surface area contributed by atoms with Gasteiger partial charge in [0.05, 0.1) is 7.11 Å². The van der Waals surface area contributed by atoms with Crippen LogP contribution >= 0.6 is 0 Å². The van der Waals surface area contributed by atoms with Gasteiger partial charge in [-0.2, -0.15) is 0 Å². The highest BCUT2D eigenvalue weighted by Gasteiger charge is 2.10. The number of methoxy groups -OCH3 is 1. The van der Waals surface area contributed by atoms with Crippen LogP contribution in [0.25, 0.3) is 0 Å². The van der Waals surface area contributed by atoms with Gasteiger partial charge in [-0.15, -0.1) is 0 Å². The maximum atomic E-state index is 13.7. The van der Waals surface area contributed by atoms with Crippen LogP contribution < -0.4 is 10.1 Å². The summed E-state index contributed by atoms with van der Waals surface area (Å²) in [6, 6.07) is 10.2. The van der Waals surface area contributed by atoms with Crippen LogP contribution in [0.4, 0.5) is 10.1 Å². The predicted molar refractivity (Wildman–Crippen MR) is 77.8 cm³/mol. The molecule has 20 heavy (non-hydrogen) atoms. The topological polar surface area (TPSA) is 41.5 Å². The molecule has 0 saturated carbocycles. The summed E-state index contributed by atoms with van der Waals surface area (Å²) in [4.78, 5) is 0. The van der Waals surface area contributed by atoms with E-state index in [1.54, 1.807) is 12.1 Å². The summed E-state index contributed by atoms with van der Waals surface area (Å²) in [6.45, 7) is 3.76. The number of nitrogens with one attached hydrogen (secondary N) is 1. The highest BCUT2D eigenvalue weighted by molar-refractivity contribution is 5.52. The van der Waals surface area contributed by atoms with Gasteiger partial charge >= 0.3 is 0 Å². The summed E-state index contributed by atoms with van der Waals surface area (Å²) in [7, 11) is 1.44. The van der Waals surface area contributed by atoms with Gasteiger partial charge in [0, 0.05) is 17.8 Å². The lowest BCUT2D eigenvalue weighted by molar-refractivity contribution is 0.386. The number of aryl methyl sites for hydroxylation is 1. The molecule has 1 atom stereocenters. The normalized spacial score (nSPS) is 12.0. The molecule has 0 heterocycles. The minimum Gasteiger partial charge on any atom is -0.508 e. The molecule has 0 aromatic heterocycles. The van der Waals surface area contributed by atoms with Crippen molar-refractivity contribution in [3.63, 3.8) is 0 Å². The van der Waals surface area contributed by atoms with Crippen LogP contribution in [-0.4, -0.2) is 12.2 Å². The first kappa shape index (κ1) is 14.2. The van der Waals surface area contributed by atoms with Gasteiger partial charge in [0.15, 0.2) is 11.6 Å². The molecular formula is C16H18FNO2. The molecule has 0 saturated heterocycles. The maximum absolute atomic E-state index is 13.7. The molecule has 0 radical (unpaired) electrons. The molecule has 0 aliphatic rings. The zero-order valence-electron chi connectivity index (χ0n) is 11.8. The van der Waals surface area contributed by atoms with Crippen molar-refractivity contribution in [2.45, 2.75) is 19.9 Å². The second-order valence-electron chi connectivity index (χ2n) is 4.76. The number of ether oxygens (including phenoxy) is 1. The number of rotatable bonds is 4. The SMILES string of the molecule is COc1ccc(C(C)Nc2ccc(C)c(O)c2)cc1F. The van der Waals surface area contributed by atoms with Crippen molar-refractivity contribution < 1.29 is 14.2 Å². The summed E-state index contributed by atoms with van der Waals surface area (Å²) in [5, 5.41) is 12.9. The van der Waals surface area contributed by atoms with E-state index in [2.05, 4.69) is 5.32 Å². The van der Waals surface area contributed by atoms with Crippen molar-refractivity contribution in [1.29, 1.82) is 0 Å². The first-order chi connectivity index (χ1) is 9.51. The monoisotopic (exact) mass is 275 g/mol. The summed E-state index contributed by atoms with van der Waals surface area (Å²) < 4.78 is 18.6. The van der Waals surface area contributed by atoms with Crippen molar-refractivity contribution in [2.75, 3.05) is 12.4 Å². The van der Waals surface area contributed by atoms with Crippen LogP contribution in [0.1, 0.15) is 24.1 Å². The van der Waals surface area contributed by atoms with E-state index in [1.165, 1.54) is 13.2 Å². The van der Waals surface area contributed by atoms with E-state index in [4.69, 9.17) is 4.74 Å². The summed E-state index contributed by atoms with van der Waals surface area (Å²) >= 11 is 0. The average Bonchev–Trinajstić information content (AvgIpc) is 2.42. The Morgan fingerprint density at radius 1 is 1.20 bits per heavy atom. The Hall–Kier alpha value is -2.23. The summed E-state index contributed by atoms with van der Waals surface area (Å²) in [6.07, 6.45) is 0. The Labute approximate surface area is 118 Å². The van der Waals surface area contributed by atoms with Gasteiger partial charge in [-0.3, -0.25) is 0 Å². The lowest BCUT2D eigenvalue weighted by Gasteiger charge is -2.17. The molecule has 0 aliphatic heterocycles.